The van der Waals surface area contributed by atoms with Gasteiger partial charge < -0.3 is 5.11 Å². The Bertz CT molecular complexity index is 392. The first-order valence-electron chi connectivity index (χ1n) is 4.38. The lowest BCUT2D eigenvalue weighted by Crippen LogP contribution is -2.08. The monoisotopic (exact) mass is 206 g/mol. The first-order valence-corrected chi connectivity index (χ1v) is 4.38. The molecular weight excluding hydrogens is 196 g/mol. The maximum absolute atomic E-state index is 10.9. The lowest BCUT2D eigenvalue weighted by molar-refractivity contribution is -0.138. The van der Waals surface area contributed by atoms with Crippen LogP contribution in [-0.2, 0) is 9.59 Å². The van der Waals surface area contributed by atoms with Crippen molar-refractivity contribution in [2.24, 2.45) is 0 Å². The van der Waals surface area contributed by atoms with E-state index in [-0.39, 0.29) is 11.8 Å². The van der Waals surface area contributed by atoms with Crippen LogP contribution in [0.2, 0.25) is 0 Å². The van der Waals surface area contributed by atoms with Gasteiger partial charge in [0.15, 0.2) is 6.29 Å². The molecule has 0 aliphatic heterocycles. The van der Waals surface area contributed by atoms with E-state index < -0.39 is 17.7 Å². The molecule has 0 aliphatic carbocycles. The van der Waals surface area contributed by atoms with Crippen LogP contribution in [0.1, 0.15) is 28.8 Å². The summed E-state index contributed by atoms with van der Waals surface area (Å²) in [6, 6.07) is 5.97. The van der Waals surface area contributed by atoms with Crippen LogP contribution >= 0.6 is 0 Å². The molecule has 0 spiro atoms. The van der Waals surface area contributed by atoms with E-state index in [0.717, 1.165) is 0 Å². The van der Waals surface area contributed by atoms with Gasteiger partial charge in [-0.05, 0) is 12.5 Å². The highest BCUT2D eigenvalue weighted by Gasteiger charge is 2.13. The fourth-order valence-corrected chi connectivity index (χ4v) is 1.15. The van der Waals surface area contributed by atoms with Crippen molar-refractivity contribution in [1.82, 2.24) is 0 Å². The van der Waals surface area contributed by atoms with Gasteiger partial charge in [0.1, 0.15) is 0 Å². The highest BCUT2D eigenvalue weighted by molar-refractivity contribution is 6.33. The molecule has 0 aromatic heterocycles. The molecule has 4 heteroatoms. The summed E-state index contributed by atoms with van der Waals surface area (Å²) in [5.74, 6) is -2.15. The number of aliphatic carboxylic acids is 1. The summed E-state index contributed by atoms with van der Waals surface area (Å²) in [4.78, 5) is 31.8. The van der Waals surface area contributed by atoms with Crippen LogP contribution in [0.25, 0.3) is 0 Å². The summed E-state index contributed by atoms with van der Waals surface area (Å²) in [6.07, 6.45) is 0.232. The van der Waals surface area contributed by atoms with Gasteiger partial charge in [0.2, 0.25) is 5.78 Å². The molecular formula is C11H10O4. The number of ketones is 1. The molecule has 1 rings (SSSR count). The number of hydrogen-bond donors (Lipinski definition) is 1. The van der Waals surface area contributed by atoms with Crippen LogP contribution < -0.4 is 0 Å². The molecule has 78 valence electrons. The third kappa shape index (κ3) is 2.49. The largest absolute Gasteiger partial charge is 0.481 e. The molecule has 1 atom stereocenters. The van der Waals surface area contributed by atoms with E-state index in [4.69, 9.17) is 5.11 Å². The number of aldehydes is 1. The zero-order chi connectivity index (χ0) is 11.4. The number of carboxylic acids is 1. The maximum atomic E-state index is 10.9. The highest BCUT2D eigenvalue weighted by Crippen LogP contribution is 2.15. The van der Waals surface area contributed by atoms with Crippen LogP contribution in [0, 0.1) is 0 Å². The van der Waals surface area contributed by atoms with Crippen molar-refractivity contribution in [3.8, 4) is 0 Å². The third-order valence-corrected chi connectivity index (χ3v) is 2.17. The lowest BCUT2D eigenvalue weighted by atomic mass is 9.99. The molecule has 1 aromatic rings. The Hall–Kier alpha value is -1.97. The molecule has 0 heterocycles. The normalized spacial score (nSPS) is 11.8. The number of benzene rings is 1. The van der Waals surface area contributed by atoms with Gasteiger partial charge in [-0.3, -0.25) is 14.4 Å². The predicted molar refractivity (Wildman–Crippen MR) is 52.9 cm³/mol. The predicted octanol–water partition coefficient (Wildman–Crippen LogP) is 1.26. The summed E-state index contributed by atoms with van der Waals surface area (Å²) in [5.41, 5.74) is 0.872. The van der Waals surface area contributed by atoms with Crippen molar-refractivity contribution in [3.05, 3.63) is 35.4 Å². The van der Waals surface area contributed by atoms with Crippen molar-refractivity contribution in [3.63, 3.8) is 0 Å². The number of Topliss-reactive ketones (excluding diaryl/α,β-unsaturated/α-hetero) is 1. The van der Waals surface area contributed by atoms with Gasteiger partial charge in [0.25, 0.3) is 0 Å². The summed E-state index contributed by atoms with van der Waals surface area (Å²) in [7, 11) is 0. The fourth-order valence-electron chi connectivity index (χ4n) is 1.15. The number of carbonyl (C=O) groups is 3. The zero-order valence-electron chi connectivity index (χ0n) is 8.14. The minimum absolute atomic E-state index is 0.232. The lowest BCUT2D eigenvalue weighted by Gasteiger charge is -2.06. The van der Waals surface area contributed by atoms with E-state index in [2.05, 4.69) is 0 Å². The van der Waals surface area contributed by atoms with Crippen molar-refractivity contribution < 1.29 is 19.5 Å². The quantitative estimate of drug-likeness (QED) is 0.457. The molecule has 1 N–H and O–H groups in total. The highest BCUT2D eigenvalue weighted by atomic mass is 16.4. The Morgan fingerprint density at radius 1 is 1.27 bits per heavy atom. The van der Waals surface area contributed by atoms with Crippen LogP contribution in [0.5, 0.6) is 0 Å². The standard InChI is InChI=1S/C11H10O4/c1-7(11(14)15)8-2-4-9(5-3-8)10(13)6-12/h2-7H,1H3,(H,14,15). The summed E-state index contributed by atoms with van der Waals surface area (Å²) < 4.78 is 0. The van der Waals surface area contributed by atoms with Gasteiger partial charge in [0, 0.05) is 5.56 Å². The second kappa shape index (κ2) is 4.50. The van der Waals surface area contributed by atoms with Crippen molar-refractivity contribution in [2.75, 3.05) is 0 Å². The van der Waals surface area contributed by atoms with Crippen LogP contribution in [0.3, 0.4) is 0 Å². The molecule has 1 aromatic carbocycles. The molecule has 0 bridgehead atoms. The van der Waals surface area contributed by atoms with E-state index >= 15 is 0 Å². The van der Waals surface area contributed by atoms with Crippen molar-refractivity contribution in [2.45, 2.75) is 12.8 Å². The molecule has 0 saturated carbocycles. The minimum Gasteiger partial charge on any atom is -0.481 e. The molecule has 15 heavy (non-hydrogen) atoms. The topological polar surface area (TPSA) is 71.4 Å². The molecule has 0 fully saturated rings. The van der Waals surface area contributed by atoms with Gasteiger partial charge in [-0.25, -0.2) is 0 Å². The van der Waals surface area contributed by atoms with Gasteiger partial charge in [0.05, 0.1) is 5.92 Å². The van der Waals surface area contributed by atoms with E-state index in [1.807, 2.05) is 0 Å². The molecule has 1 unspecified atom stereocenters. The Morgan fingerprint density at radius 2 is 1.80 bits per heavy atom. The summed E-state index contributed by atoms with van der Waals surface area (Å²) in [6.45, 7) is 1.55. The Morgan fingerprint density at radius 3 is 2.20 bits per heavy atom. The molecule has 0 aliphatic rings. The van der Waals surface area contributed by atoms with Crippen molar-refractivity contribution in [1.29, 1.82) is 0 Å². The van der Waals surface area contributed by atoms with E-state index in [1.54, 1.807) is 6.92 Å². The average Bonchev–Trinajstić information content (AvgIpc) is 2.27. The van der Waals surface area contributed by atoms with Gasteiger partial charge in [-0.15, -0.1) is 0 Å². The number of hydrogen-bond acceptors (Lipinski definition) is 3. The second-order valence-corrected chi connectivity index (χ2v) is 3.16. The number of carbonyl (C=O) groups excluding carboxylic acids is 2. The fraction of sp³-hybridized carbons (Fsp3) is 0.182. The Kier molecular flexibility index (Phi) is 3.33. The zero-order valence-corrected chi connectivity index (χ0v) is 8.14. The van der Waals surface area contributed by atoms with E-state index in [9.17, 15) is 14.4 Å². The first kappa shape index (κ1) is 11.1. The smallest absolute Gasteiger partial charge is 0.310 e. The van der Waals surface area contributed by atoms with Crippen molar-refractivity contribution >= 4 is 18.0 Å². The average molecular weight is 206 g/mol. The van der Waals surface area contributed by atoms with Crippen LogP contribution in [-0.4, -0.2) is 23.1 Å². The Labute approximate surface area is 86.5 Å². The van der Waals surface area contributed by atoms with E-state index in [1.165, 1.54) is 24.3 Å². The number of rotatable bonds is 4. The molecule has 0 amide bonds. The van der Waals surface area contributed by atoms with Gasteiger partial charge >= 0.3 is 5.97 Å². The van der Waals surface area contributed by atoms with Gasteiger partial charge in [-0.2, -0.15) is 0 Å². The number of carboxylic acid groups (broad SMARTS) is 1. The van der Waals surface area contributed by atoms with Crippen LogP contribution in [0.4, 0.5) is 0 Å². The maximum Gasteiger partial charge on any atom is 0.310 e. The Balaban J connectivity index is 2.94. The SMILES string of the molecule is CC(C(=O)O)c1ccc(C(=O)C=O)cc1. The van der Waals surface area contributed by atoms with E-state index in [0.29, 0.717) is 5.56 Å². The summed E-state index contributed by atoms with van der Waals surface area (Å²) >= 11 is 0. The second-order valence-electron chi connectivity index (χ2n) is 3.16. The summed E-state index contributed by atoms with van der Waals surface area (Å²) in [5, 5.41) is 8.74. The molecule has 4 nitrogen and oxygen atoms in total. The molecule has 0 radical (unpaired) electrons. The first-order chi connectivity index (χ1) is 7.06. The minimum atomic E-state index is -0.926. The van der Waals surface area contributed by atoms with Crippen LogP contribution in [0.15, 0.2) is 24.3 Å². The third-order valence-electron chi connectivity index (χ3n) is 2.17. The molecule has 0 saturated heterocycles. The van der Waals surface area contributed by atoms with Gasteiger partial charge in [-0.1, -0.05) is 24.3 Å².